The summed E-state index contributed by atoms with van der Waals surface area (Å²) < 4.78 is 5.60. The molecule has 1 saturated heterocycles. The third-order valence-electron chi connectivity index (χ3n) is 3.86. The molecule has 0 bridgehead atoms. The maximum Gasteiger partial charge on any atom is 0.0576 e. The first-order valence-corrected chi connectivity index (χ1v) is 6.77. The second-order valence-electron chi connectivity index (χ2n) is 5.11. The Hall–Kier alpha value is -0.0800. The van der Waals surface area contributed by atoms with Crippen LogP contribution < -0.4 is 5.32 Å². The second-order valence-corrected chi connectivity index (χ2v) is 5.11. The minimum absolute atomic E-state index is 0.582. The molecule has 1 saturated carbocycles. The molecule has 0 spiro atoms. The Bertz CT molecular complexity index is 162. The van der Waals surface area contributed by atoms with Gasteiger partial charge in [0.05, 0.1) is 6.10 Å². The lowest BCUT2D eigenvalue weighted by Crippen LogP contribution is -2.22. The van der Waals surface area contributed by atoms with E-state index in [1.165, 1.54) is 64.5 Å². The molecule has 0 radical (unpaired) electrons. The molecule has 2 nitrogen and oxygen atoms in total. The van der Waals surface area contributed by atoms with E-state index in [0.717, 1.165) is 12.5 Å². The monoisotopic (exact) mass is 211 g/mol. The summed E-state index contributed by atoms with van der Waals surface area (Å²) >= 11 is 0. The van der Waals surface area contributed by atoms with E-state index in [0.29, 0.717) is 6.10 Å². The molecule has 2 rings (SSSR count). The first-order valence-electron chi connectivity index (χ1n) is 6.77. The van der Waals surface area contributed by atoms with Gasteiger partial charge in [-0.15, -0.1) is 0 Å². The van der Waals surface area contributed by atoms with Crippen LogP contribution in [0.5, 0.6) is 0 Å². The molecule has 1 heterocycles. The Labute approximate surface area is 93.8 Å². The fourth-order valence-corrected chi connectivity index (χ4v) is 2.54. The fraction of sp³-hybridized carbons (Fsp3) is 1.00. The highest BCUT2D eigenvalue weighted by Gasteiger charge is 2.16. The van der Waals surface area contributed by atoms with Crippen LogP contribution in [0.2, 0.25) is 0 Å². The van der Waals surface area contributed by atoms with E-state index in [9.17, 15) is 0 Å². The van der Waals surface area contributed by atoms with Gasteiger partial charge in [-0.25, -0.2) is 0 Å². The number of nitrogens with one attached hydrogen (secondary N) is 1. The first kappa shape index (κ1) is 11.4. The standard InChI is InChI=1S/C13H25NO/c1-4-12(5-1)8-10-14-9-2-6-13-7-3-11-15-13/h12-14H,1-11H2. The van der Waals surface area contributed by atoms with Gasteiger partial charge in [0.1, 0.15) is 0 Å². The van der Waals surface area contributed by atoms with E-state index in [1.807, 2.05) is 0 Å². The molecule has 0 amide bonds. The van der Waals surface area contributed by atoms with Crippen molar-refractivity contribution in [3.63, 3.8) is 0 Å². The molecule has 2 heteroatoms. The Morgan fingerprint density at radius 1 is 1.00 bits per heavy atom. The van der Waals surface area contributed by atoms with Gasteiger partial charge < -0.3 is 10.1 Å². The molecular formula is C13H25NO. The van der Waals surface area contributed by atoms with Gasteiger partial charge in [0.15, 0.2) is 0 Å². The molecule has 1 aliphatic carbocycles. The van der Waals surface area contributed by atoms with Gasteiger partial charge in [0, 0.05) is 6.61 Å². The lowest BCUT2D eigenvalue weighted by Gasteiger charge is -2.25. The summed E-state index contributed by atoms with van der Waals surface area (Å²) in [5.74, 6) is 1.05. The second kappa shape index (κ2) is 6.49. The summed E-state index contributed by atoms with van der Waals surface area (Å²) in [4.78, 5) is 0. The molecule has 2 fully saturated rings. The molecule has 2 aliphatic rings. The van der Waals surface area contributed by atoms with Crippen molar-refractivity contribution in [3.8, 4) is 0 Å². The summed E-state index contributed by atoms with van der Waals surface area (Å²) in [7, 11) is 0. The van der Waals surface area contributed by atoms with Crippen molar-refractivity contribution in [1.29, 1.82) is 0 Å². The molecular weight excluding hydrogens is 186 g/mol. The van der Waals surface area contributed by atoms with Crippen LogP contribution in [0.15, 0.2) is 0 Å². The van der Waals surface area contributed by atoms with E-state index < -0.39 is 0 Å². The topological polar surface area (TPSA) is 21.3 Å². The van der Waals surface area contributed by atoms with Crippen molar-refractivity contribution < 1.29 is 4.74 Å². The van der Waals surface area contributed by atoms with Gasteiger partial charge >= 0.3 is 0 Å². The zero-order valence-corrected chi connectivity index (χ0v) is 9.84. The molecule has 0 aromatic carbocycles. The smallest absolute Gasteiger partial charge is 0.0576 e. The molecule has 88 valence electrons. The van der Waals surface area contributed by atoms with E-state index in [-0.39, 0.29) is 0 Å². The van der Waals surface area contributed by atoms with Crippen molar-refractivity contribution in [1.82, 2.24) is 5.32 Å². The average Bonchev–Trinajstić information content (AvgIpc) is 2.66. The highest BCUT2D eigenvalue weighted by Crippen LogP contribution is 2.28. The Morgan fingerprint density at radius 3 is 2.60 bits per heavy atom. The van der Waals surface area contributed by atoms with Crippen LogP contribution in [0, 0.1) is 5.92 Å². The Balaban J connectivity index is 1.35. The molecule has 1 aliphatic heterocycles. The van der Waals surface area contributed by atoms with Gasteiger partial charge in [-0.2, -0.15) is 0 Å². The van der Waals surface area contributed by atoms with Crippen LogP contribution >= 0.6 is 0 Å². The Morgan fingerprint density at radius 2 is 1.93 bits per heavy atom. The number of hydrogen-bond acceptors (Lipinski definition) is 2. The maximum atomic E-state index is 5.60. The predicted octanol–water partition coefficient (Wildman–Crippen LogP) is 2.73. The van der Waals surface area contributed by atoms with Crippen molar-refractivity contribution in [2.24, 2.45) is 5.92 Å². The largest absolute Gasteiger partial charge is 0.378 e. The predicted molar refractivity (Wildman–Crippen MR) is 63.0 cm³/mol. The molecule has 0 aromatic heterocycles. The van der Waals surface area contributed by atoms with Crippen LogP contribution in [-0.2, 0) is 4.74 Å². The van der Waals surface area contributed by atoms with Gasteiger partial charge in [0.2, 0.25) is 0 Å². The summed E-state index contributed by atoms with van der Waals surface area (Å²) in [5, 5.41) is 3.55. The van der Waals surface area contributed by atoms with E-state index in [2.05, 4.69) is 5.32 Å². The first-order chi connectivity index (χ1) is 7.45. The molecule has 1 atom stereocenters. The minimum atomic E-state index is 0.582. The summed E-state index contributed by atoms with van der Waals surface area (Å²) in [6.07, 6.45) is 11.5. The van der Waals surface area contributed by atoms with Crippen LogP contribution in [0.1, 0.15) is 51.4 Å². The van der Waals surface area contributed by atoms with Crippen molar-refractivity contribution in [3.05, 3.63) is 0 Å². The molecule has 0 aromatic rings. The average molecular weight is 211 g/mol. The third kappa shape index (κ3) is 4.12. The highest BCUT2D eigenvalue weighted by molar-refractivity contribution is 4.70. The molecule has 1 unspecified atom stereocenters. The van der Waals surface area contributed by atoms with Crippen molar-refractivity contribution in [2.75, 3.05) is 19.7 Å². The van der Waals surface area contributed by atoms with Crippen LogP contribution in [0.3, 0.4) is 0 Å². The summed E-state index contributed by atoms with van der Waals surface area (Å²) in [6.45, 7) is 3.42. The Kier molecular flexibility index (Phi) is 4.94. The zero-order valence-electron chi connectivity index (χ0n) is 9.84. The van der Waals surface area contributed by atoms with Gasteiger partial charge in [-0.05, 0) is 51.1 Å². The van der Waals surface area contributed by atoms with Crippen LogP contribution in [0.25, 0.3) is 0 Å². The third-order valence-corrected chi connectivity index (χ3v) is 3.86. The van der Waals surface area contributed by atoms with Crippen LogP contribution in [0.4, 0.5) is 0 Å². The van der Waals surface area contributed by atoms with Gasteiger partial charge in [0.25, 0.3) is 0 Å². The minimum Gasteiger partial charge on any atom is -0.378 e. The lowest BCUT2D eigenvalue weighted by atomic mass is 9.83. The molecule has 1 N–H and O–H groups in total. The number of rotatable bonds is 7. The maximum absolute atomic E-state index is 5.60. The quantitative estimate of drug-likeness (QED) is 0.654. The van der Waals surface area contributed by atoms with Crippen molar-refractivity contribution in [2.45, 2.75) is 57.5 Å². The van der Waals surface area contributed by atoms with E-state index >= 15 is 0 Å². The highest BCUT2D eigenvalue weighted by atomic mass is 16.5. The van der Waals surface area contributed by atoms with Gasteiger partial charge in [-0.3, -0.25) is 0 Å². The normalized spacial score (nSPS) is 26.8. The van der Waals surface area contributed by atoms with E-state index in [1.54, 1.807) is 0 Å². The molecule has 15 heavy (non-hydrogen) atoms. The van der Waals surface area contributed by atoms with Crippen LogP contribution in [-0.4, -0.2) is 25.8 Å². The lowest BCUT2D eigenvalue weighted by molar-refractivity contribution is 0.102. The zero-order chi connectivity index (χ0) is 10.3. The summed E-state index contributed by atoms with van der Waals surface area (Å²) in [6, 6.07) is 0. The van der Waals surface area contributed by atoms with Gasteiger partial charge in [-0.1, -0.05) is 19.3 Å². The fourth-order valence-electron chi connectivity index (χ4n) is 2.54. The summed E-state index contributed by atoms with van der Waals surface area (Å²) in [5.41, 5.74) is 0. The van der Waals surface area contributed by atoms with E-state index in [4.69, 9.17) is 4.74 Å². The number of hydrogen-bond donors (Lipinski definition) is 1. The number of ether oxygens (including phenoxy) is 1. The van der Waals surface area contributed by atoms with Crippen molar-refractivity contribution >= 4 is 0 Å². The SMILES string of the molecule is C1CC(CCNCCCC2CCCO2)C1.